The zero-order valence-electron chi connectivity index (χ0n) is 12.1. The molecule has 0 aliphatic heterocycles. The standard InChI is InChI=1S/C14H22N4S/c1-10-5-13(11(2)19-10)14(6-15)17(3)8-12-7-16-18(4)9-12/h5,7,9,14H,6,8,15H2,1-4H3. The first kappa shape index (κ1) is 14.2. The maximum atomic E-state index is 5.98. The summed E-state index contributed by atoms with van der Waals surface area (Å²) in [5.41, 5.74) is 8.56. The molecule has 2 heterocycles. The second-order valence-electron chi connectivity index (χ2n) is 5.06. The lowest BCUT2D eigenvalue weighted by Crippen LogP contribution is -2.30. The molecule has 0 aliphatic rings. The minimum atomic E-state index is 0.269. The fourth-order valence-electron chi connectivity index (χ4n) is 2.48. The van der Waals surface area contributed by atoms with Crippen LogP contribution in [-0.4, -0.2) is 28.3 Å². The molecule has 0 amide bonds. The molecule has 0 saturated carbocycles. The van der Waals surface area contributed by atoms with Crippen LogP contribution in [0.2, 0.25) is 0 Å². The predicted molar refractivity (Wildman–Crippen MR) is 80.3 cm³/mol. The van der Waals surface area contributed by atoms with Crippen LogP contribution in [0.4, 0.5) is 0 Å². The van der Waals surface area contributed by atoms with Gasteiger partial charge in [-0.2, -0.15) is 5.10 Å². The van der Waals surface area contributed by atoms with Gasteiger partial charge < -0.3 is 5.73 Å². The van der Waals surface area contributed by atoms with Crippen molar-refractivity contribution in [2.45, 2.75) is 26.4 Å². The third-order valence-electron chi connectivity index (χ3n) is 3.38. The number of hydrogen-bond donors (Lipinski definition) is 1. The Bertz CT molecular complexity index is 543. The summed E-state index contributed by atoms with van der Waals surface area (Å²) in [6.07, 6.45) is 3.96. The number of likely N-dealkylation sites (N-methyl/N-ethyl adjacent to an activating group) is 1. The number of nitrogens with zero attached hydrogens (tertiary/aromatic N) is 3. The Morgan fingerprint density at radius 1 is 1.47 bits per heavy atom. The van der Waals surface area contributed by atoms with Crippen molar-refractivity contribution in [3.8, 4) is 0 Å². The maximum absolute atomic E-state index is 5.98. The van der Waals surface area contributed by atoms with Gasteiger partial charge in [0.2, 0.25) is 0 Å². The first-order valence-electron chi connectivity index (χ1n) is 6.46. The molecular weight excluding hydrogens is 256 g/mol. The van der Waals surface area contributed by atoms with Crippen LogP contribution in [0.3, 0.4) is 0 Å². The molecule has 0 bridgehead atoms. The summed E-state index contributed by atoms with van der Waals surface area (Å²) in [6.45, 7) is 5.82. The highest BCUT2D eigenvalue weighted by Crippen LogP contribution is 2.29. The van der Waals surface area contributed by atoms with Crippen molar-refractivity contribution in [1.29, 1.82) is 0 Å². The molecule has 0 spiro atoms. The second-order valence-corrected chi connectivity index (χ2v) is 6.52. The monoisotopic (exact) mass is 278 g/mol. The number of thiophene rings is 1. The molecule has 1 unspecified atom stereocenters. The van der Waals surface area contributed by atoms with E-state index in [9.17, 15) is 0 Å². The van der Waals surface area contributed by atoms with E-state index in [-0.39, 0.29) is 6.04 Å². The van der Waals surface area contributed by atoms with Gasteiger partial charge in [0.1, 0.15) is 0 Å². The lowest BCUT2D eigenvalue weighted by molar-refractivity contribution is 0.241. The van der Waals surface area contributed by atoms with Crippen LogP contribution in [0.25, 0.3) is 0 Å². The topological polar surface area (TPSA) is 47.1 Å². The molecule has 0 fully saturated rings. The third kappa shape index (κ3) is 3.23. The zero-order valence-corrected chi connectivity index (χ0v) is 12.9. The third-order valence-corrected chi connectivity index (χ3v) is 4.37. The molecule has 2 rings (SSSR count). The Labute approximate surface area is 118 Å². The molecule has 2 aromatic heterocycles. The van der Waals surface area contributed by atoms with Crippen LogP contribution in [0, 0.1) is 13.8 Å². The van der Waals surface area contributed by atoms with E-state index in [2.05, 4.69) is 43.2 Å². The minimum Gasteiger partial charge on any atom is -0.329 e. The van der Waals surface area contributed by atoms with E-state index >= 15 is 0 Å². The SMILES string of the molecule is Cc1cc(C(CN)N(C)Cc2cnn(C)c2)c(C)s1. The Hall–Kier alpha value is -1.17. The van der Waals surface area contributed by atoms with Crippen LogP contribution < -0.4 is 5.73 Å². The van der Waals surface area contributed by atoms with Gasteiger partial charge in [0, 0.05) is 47.7 Å². The maximum Gasteiger partial charge on any atom is 0.0534 e. The van der Waals surface area contributed by atoms with Crippen LogP contribution in [0.5, 0.6) is 0 Å². The summed E-state index contributed by atoms with van der Waals surface area (Å²) in [4.78, 5) is 5.01. The average Bonchev–Trinajstić information content (AvgIpc) is 2.87. The Kier molecular flexibility index (Phi) is 4.39. The Balaban J connectivity index is 2.15. The van der Waals surface area contributed by atoms with E-state index in [4.69, 9.17) is 5.73 Å². The fourth-order valence-corrected chi connectivity index (χ4v) is 3.46. The van der Waals surface area contributed by atoms with E-state index < -0.39 is 0 Å². The van der Waals surface area contributed by atoms with E-state index in [1.54, 1.807) is 0 Å². The van der Waals surface area contributed by atoms with Crippen LogP contribution in [0.15, 0.2) is 18.5 Å². The summed E-state index contributed by atoms with van der Waals surface area (Å²) in [5.74, 6) is 0. The van der Waals surface area contributed by atoms with Crippen LogP contribution in [-0.2, 0) is 13.6 Å². The van der Waals surface area contributed by atoms with E-state index in [0.29, 0.717) is 6.54 Å². The van der Waals surface area contributed by atoms with Gasteiger partial charge in [0.25, 0.3) is 0 Å². The molecule has 4 nitrogen and oxygen atoms in total. The molecule has 0 radical (unpaired) electrons. The molecule has 19 heavy (non-hydrogen) atoms. The van der Waals surface area contributed by atoms with Gasteiger partial charge in [-0.15, -0.1) is 11.3 Å². The van der Waals surface area contributed by atoms with Gasteiger partial charge in [-0.25, -0.2) is 0 Å². The zero-order chi connectivity index (χ0) is 14.0. The summed E-state index contributed by atoms with van der Waals surface area (Å²) >= 11 is 1.84. The van der Waals surface area contributed by atoms with E-state index in [1.165, 1.54) is 20.9 Å². The molecule has 1 atom stereocenters. The van der Waals surface area contributed by atoms with Crippen molar-refractivity contribution in [1.82, 2.24) is 14.7 Å². The van der Waals surface area contributed by atoms with Gasteiger partial charge in [-0.1, -0.05) is 0 Å². The normalized spacial score (nSPS) is 13.2. The van der Waals surface area contributed by atoms with Gasteiger partial charge >= 0.3 is 0 Å². The molecule has 0 aliphatic carbocycles. The molecule has 104 valence electrons. The summed E-state index contributed by atoms with van der Waals surface area (Å²) in [7, 11) is 4.06. The van der Waals surface area contributed by atoms with Gasteiger partial charge in [-0.3, -0.25) is 9.58 Å². The van der Waals surface area contributed by atoms with Crippen molar-refractivity contribution in [3.63, 3.8) is 0 Å². The summed E-state index contributed by atoms with van der Waals surface area (Å²) in [6, 6.07) is 2.53. The van der Waals surface area contributed by atoms with Crippen molar-refractivity contribution in [3.05, 3.63) is 39.3 Å². The molecule has 2 aromatic rings. The van der Waals surface area contributed by atoms with Gasteiger partial charge in [0.15, 0.2) is 0 Å². The van der Waals surface area contributed by atoms with E-state index in [1.807, 2.05) is 29.3 Å². The number of aryl methyl sites for hydroxylation is 3. The highest BCUT2D eigenvalue weighted by molar-refractivity contribution is 7.12. The molecule has 2 N–H and O–H groups in total. The number of nitrogens with two attached hydrogens (primary N) is 1. The average molecular weight is 278 g/mol. The highest BCUT2D eigenvalue weighted by atomic mass is 32.1. The predicted octanol–water partition coefficient (Wildman–Crippen LogP) is 2.23. The minimum absolute atomic E-state index is 0.269. The second kappa shape index (κ2) is 5.86. The summed E-state index contributed by atoms with van der Waals surface area (Å²) < 4.78 is 1.83. The number of aromatic nitrogens is 2. The van der Waals surface area contributed by atoms with E-state index in [0.717, 1.165) is 6.54 Å². The number of hydrogen-bond acceptors (Lipinski definition) is 4. The molecule has 0 saturated heterocycles. The van der Waals surface area contributed by atoms with Crippen molar-refractivity contribution in [2.24, 2.45) is 12.8 Å². The molecule has 5 heteroatoms. The quantitative estimate of drug-likeness (QED) is 0.912. The smallest absolute Gasteiger partial charge is 0.0534 e. The lowest BCUT2D eigenvalue weighted by atomic mass is 10.1. The largest absolute Gasteiger partial charge is 0.329 e. The first-order chi connectivity index (χ1) is 9.01. The van der Waals surface area contributed by atoms with Crippen LogP contribution in [0.1, 0.15) is 26.9 Å². The fraction of sp³-hybridized carbons (Fsp3) is 0.500. The van der Waals surface area contributed by atoms with Crippen molar-refractivity contribution >= 4 is 11.3 Å². The van der Waals surface area contributed by atoms with Crippen molar-refractivity contribution in [2.75, 3.05) is 13.6 Å². The van der Waals surface area contributed by atoms with Crippen LogP contribution >= 0.6 is 11.3 Å². The van der Waals surface area contributed by atoms with Gasteiger partial charge in [-0.05, 0) is 32.5 Å². The number of rotatable bonds is 5. The van der Waals surface area contributed by atoms with Crippen molar-refractivity contribution < 1.29 is 0 Å². The Morgan fingerprint density at radius 3 is 2.68 bits per heavy atom. The molecular formula is C14H22N4S. The highest BCUT2D eigenvalue weighted by Gasteiger charge is 2.19. The lowest BCUT2D eigenvalue weighted by Gasteiger charge is -2.26. The van der Waals surface area contributed by atoms with Gasteiger partial charge in [0.05, 0.1) is 6.20 Å². The Morgan fingerprint density at radius 2 is 2.21 bits per heavy atom. The molecule has 0 aromatic carbocycles. The summed E-state index contributed by atoms with van der Waals surface area (Å²) in [5, 5.41) is 4.21. The first-order valence-corrected chi connectivity index (χ1v) is 7.27.